The summed E-state index contributed by atoms with van der Waals surface area (Å²) in [6.45, 7) is -0.301. The molecular formula is C20H16F3N3O4. The van der Waals surface area contributed by atoms with Gasteiger partial charge in [0.15, 0.2) is 5.75 Å². The van der Waals surface area contributed by atoms with Crippen LogP contribution in [0.4, 0.5) is 18.9 Å². The molecule has 1 amide bonds. The van der Waals surface area contributed by atoms with Crippen molar-refractivity contribution in [2.24, 2.45) is 5.10 Å². The van der Waals surface area contributed by atoms with Crippen LogP contribution in [0.25, 0.3) is 0 Å². The van der Waals surface area contributed by atoms with Crippen molar-refractivity contribution in [3.8, 4) is 5.75 Å². The monoisotopic (exact) mass is 419 g/mol. The first-order valence-corrected chi connectivity index (χ1v) is 8.96. The van der Waals surface area contributed by atoms with Gasteiger partial charge < -0.3 is 18.9 Å². The van der Waals surface area contributed by atoms with E-state index in [1.54, 1.807) is 24.3 Å². The van der Waals surface area contributed by atoms with Gasteiger partial charge >= 0.3 is 6.36 Å². The zero-order valence-corrected chi connectivity index (χ0v) is 15.4. The van der Waals surface area contributed by atoms with E-state index >= 15 is 0 Å². The molecular weight excluding hydrogens is 403 g/mol. The maximum Gasteiger partial charge on any atom is 0.573 e. The van der Waals surface area contributed by atoms with Gasteiger partial charge in [0.2, 0.25) is 0 Å². The van der Waals surface area contributed by atoms with Crippen LogP contribution in [0.5, 0.6) is 5.75 Å². The Bertz CT molecular complexity index is 1030. The molecule has 1 unspecified atom stereocenters. The second kappa shape index (κ2) is 7.97. The van der Waals surface area contributed by atoms with Gasteiger partial charge in [0, 0.05) is 6.42 Å². The molecule has 1 aliphatic rings. The van der Waals surface area contributed by atoms with E-state index in [1.165, 1.54) is 35.7 Å². The summed E-state index contributed by atoms with van der Waals surface area (Å²) in [6, 6.07) is 11.9. The molecule has 1 aromatic carbocycles. The van der Waals surface area contributed by atoms with Crippen molar-refractivity contribution in [3.63, 3.8) is 0 Å². The Morgan fingerprint density at radius 2 is 1.90 bits per heavy atom. The van der Waals surface area contributed by atoms with E-state index in [-0.39, 0.29) is 12.2 Å². The largest absolute Gasteiger partial charge is 0.573 e. The van der Waals surface area contributed by atoms with E-state index in [2.05, 4.69) is 15.2 Å². The molecule has 0 saturated heterocycles. The number of benzene rings is 1. The third-order valence-corrected chi connectivity index (χ3v) is 4.39. The highest BCUT2D eigenvalue weighted by atomic mass is 19.4. The number of rotatable bonds is 6. The van der Waals surface area contributed by atoms with Gasteiger partial charge in [-0.05, 0) is 36.4 Å². The lowest BCUT2D eigenvalue weighted by atomic mass is 10.1. The molecule has 0 saturated carbocycles. The van der Waals surface area contributed by atoms with E-state index in [0.717, 1.165) is 6.07 Å². The fourth-order valence-electron chi connectivity index (χ4n) is 3.11. The van der Waals surface area contributed by atoms with Crippen molar-refractivity contribution in [2.45, 2.75) is 18.8 Å². The highest BCUT2D eigenvalue weighted by molar-refractivity contribution is 6.01. The summed E-state index contributed by atoms with van der Waals surface area (Å²) >= 11 is 0. The van der Waals surface area contributed by atoms with Crippen molar-refractivity contribution in [2.75, 3.05) is 11.9 Å². The number of nitrogens with zero attached hydrogens (tertiary/aromatic N) is 2. The molecule has 0 radical (unpaired) electrons. The molecule has 7 nitrogen and oxygen atoms in total. The summed E-state index contributed by atoms with van der Waals surface area (Å²) < 4.78 is 52.6. The Morgan fingerprint density at radius 3 is 2.60 bits per heavy atom. The number of amides is 1. The standard InChI is InChI=1S/C20H16F3N3O4/c21-20(22,23)30-17-6-2-1-5-13(17)24-12-19(27)26-15(18-8-4-10-29-18)11-14(25-26)16-7-3-9-28-16/h1-10,15,24H,11-12H2. The molecule has 1 N–H and O–H groups in total. The normalized spacial score (nSPS) is 16.4. The van der Waals surface area contributed by atoms with Gasteiger partial charge in [0.1, 0.15) is 23.3 Å². The minimum Gasteiger partial charge on any atom is -0.467 e. The van der Waals surface area contributed by atoms with Crippen molar-refractivity contribution in [3.05, 3.63) is 72.6 Å². The molecule has 3 aromatic rings. The van der Waals surface area contributed by atoms with Crippen LogP contribution < -0.4 is 10.1 Å². The highest BCUT2D eigenvalue weighted by Crippen LogP contribution is 2.34. The predicted molar refractivity (Wildman–Crippen MR) is 99.8 cm³/mol. The fourth-order valence-corrected chi connectivity index (χ4v) is 3.11. The Balaban J connectivity index is 1.51. The van der Waals surface area contributed by atoms with Gasteiger partial charge in [0.25, 0.3) is 5.91 Å². The SMILES string of the molecule is O=C(CNc1ccccc1OC(F)(F)F)N1N=C(c2ccco2)CC1c1ccco1. The van der Waals surface area contributed by atoms with Crippen LogP contribution in [-0.2, 0) is 4.79 Å². The smallest absolute Gasteiger partial charge is 0.467 e. The van der Waals surface area contributed by atoms with Crippen LogP contribution in [0.3, 0.4) is 0 Å². The van der Waals surface area contributed by atoms with Gasteiger partial charge in [-0.15, -0.1) is 13.2 Å². The Kier molecular flexibility index (Phi) is 5.21. The number of halogens is 3. The number of nitrogens with one attached hydrogen (secondary N) is 1. The maximum absolute atomic E-state index is 12.9. The second-order valence-electron chi connectivity index (χ2n) is 6.40. The van der Waals surface area contributed by atoms with Crippen molar-refractivity contribution < 1.29 is 31.5 Å². The molecule has 2 aromatic heterocycles. The topological polar surface area (TPSA) is 80.2 Å². The lowest BCUT2D eigenvalue weighted by molar-refractivity contribution is -0.274. The first-order valence-electron chi connectivity index (χ1n) is 8.96. The van der Waals surface area contributed by atoms with Gasteiger partial charge in [-0.2, -0.15) is 5.10 Å². The summed E-state index contributed by atoms with van der Waals surface area (Å²) in [4.78, 5) is 12.9. The summed E-state index contributed by atoms with van der Waals surface area (Å²) in [5.41, 5.74) is 0.600. The van der Waals surface area contributed by atoms with Gasteiger partial charge in [-0.25, -0.2) is 5.01 Å². The number of carbonyl (C=O) groups excluding carboxylic acids is 1. The number of para-hydroxylation sites is 2. The quantitative estimate of drug-likeness (QED) is 0.634. The zero-order valence-electron chi connectivity index (χ0n) is 15.4. The zero-order chi connectivity index (χ0) is 21.1. The molecule has 156 valence electrons. The number of carbonyl (C=O) groups is 1. The summed E-state index contributed by atoms with van der Waals surface area (Å²) in [5.74, 6) is 0.176. The van der Waals surface area contributed by atoms with E-state index in [9.17, 15) is 18.0 Å². The van der Waals surface area contributed by atoms with Crippen LogP contribution in [0, 0.1) is 0 Å². The van der Waals surface area contributed by atoms with Crippen molar-refractivity contribution in [1.29, 1.82) is 0 Å². The van der Waals surface area contributed by atoms with Crippen LogP contribution >= 0.6 is 0 Å². The Morgan fingerprint density at radius 1 is 1.13 bits per heavy atom. The maximum atomic E-state index is 12.9. The molecule has 0 aliphatic carbocycles. The van der Waals surface area contributed by atoms with E-state index in [4.69, 9.17) is 8.83 Å². The van der Waals surface area contributed by atoms with Gasteiger partial charge in [-0.1, -0.05) is 12.1 Å². The molecule has 0 fully saturated rings. The summed E-state index contributed by atoms with van der Waals surface area (Å²) in [5, 5.41) is 8.29. The summed E-state index contributed by atoms with van der Waals surface area (Å²) in [7, 11) is 0. The number of anilines is 1. The third-order valence-electron chi connectivity index (χ3n) is 4.39. The Labute approximate surface area is 168 Å². The first-order chi connectivity index (χ1) is 14.4. The average Bonchev–Trinajstić information content (AvgIpc) is 3.46. The molecule has 4 rings (SSSR count). The van der Waals surface area contributed by atoms with Gasteiger partial charge in [0.05, 0.1) is 24.8 Å². The summed E-state index contributed by atoms with van der Waals surface area (Å²) in [6.07, 6.45) is -1.47. The number of ether oxygens (including phenoxy) is 1. The second-order valence-corrected chi connectivity index (χ2v) is 6.40. The molecule has 0 spiro atoms. The lowest BCUT2D eigenvalue weighted by Gasteiger charge is -2.21. The van der Waals surface area contributed by atoms with Crippen molar-refractivity contribution in [1.82, 2.24) is 5.01 Å². The van der Waals surface area contributed by atoms with E-state index < -0.39 is 24.1 Å². The van der Waals surface area contributed by atoms with Gasteiger partial charge in [-0.3, -0.25) is 4.79 Å². The van der Waals surface area contributed by atoms with E-state index in [1.807, 2.05) is 0 Å². The van der Waals surface area contributed by atoms with Crippen LogP contribution in [0.2, 0.25) is 0 Å². The lowest BCUT2D eigenvalue weighted by Crippen LogP contribution is -2.32. The van der Waals surface area contributed by atoms with E-state index in [0.29, 0.717) is 23.7 Å². The minimum absolute atomic E-state index is 0.0344. The predicted octanol–water partition coefficient (Wildman–Crippen LogP) is 4.56. The highest BCUT2D eigenvalue weighted by Gasteiger charge is 2.36. The third kappa shape index (κ3) is 4.32. The molecule has 10 heteroatoms. The number of hydrogen-bond donors (Lipinski definition) is 1. The van der Waals surface area contributed by atoms with Crippen LogP contribution in [0.1, 0.15) is 24.0 Å². The van der Waals surface area contributed by atoms with Crippen LogP contribution in [-0.4, -0.2) is 29.5 Å². The van der Waals surface area contributed by atoms with Crippen LogP contribution in [0.15, 0.2) is 75.0 Å². The fraction of sp³-hybridized carbons (Fsp3) is 0.200. The number of hydrazone groups is 1. The average molecular weight is 419 g/mol. The molecule has 1 atom stereocenters. The van der Waals surface area contributed by atoms with Crippen molar-refractivity contribution >= 4 is 17.3 Å². The number of hydrogen-bond acceptors (Lipinski definition) is 6. The number of furan rings is 2. The first kappa shape index (κ1) is 19.6. The molecule has 30 heavy (non-hydrogen) atoms. The minimum atomic E-state index is -4.84. The number of alkyl halides is 3. The Hall–Kier alpha value is -3.69. The molecule has 3 heterocycles. The molecule has 0 bridgehead atoms. The molecule has 1 aliphatic heterocycles.